The topological polar surface area (TPSA) is 65.5 Å². The number of hydrogen-bond acceptors (Lipinski definition) is 3. The molecular formula is C17H29IN4OS. The lowest BCUT2D eigenvalue weighted by Gasteiger charge is -2.12. The number of guanidine groups is 1. The summed E-state index contributed by atoms with van der Waals surface area (Å²) in [6.45, 7) is 3.15. The van der Waals surface area contributed by atoms with Gasteiger partial charge in [-0.25, -0.2) is 0 Å². The summed E-state index contributed by atoms with van der Waals surface area (Å²) in [5.41, 5.74) is 2.04. The highest BCUT2D eigenvalue weighted by molar-refractivity contribution is 14.0. The minimum absolute atomic E-state index is 0. The summed E-state index contributed by atoms with van der Waals surface area (Å²) in [4.78, 5) is 16.1. The number of carbonyl (C=O) groups is 1. The Hall–Kier alpha value is -0.960. The van der Waals surface area contributed by atoms with E-state index in [1.165, 1.54) is 17.7 Å². The van der Waals surface area contributed by atoms with Gasteiger partial charge in [0.1, 0.15) is 0 Å². The van der Waals surface area contributed by atoms with Crippen molar-refractivity contribution >= 4 is 53.3 Å². The number of aliphatic imine (C=N–C) groups is 1. The fraction of sp³-hybridized carbons (Fsp3) is 0.529. The second kappa shape index (κ2) is 14.4. The minimum atomic E-state index is -0.0800. The Morgan fingerprint density at radius 2 is 2.04 bits per heavy atom. The molecule has 0 unspecified atom stereocenters. The van der Waals surface area contributed by atoms with Crippen LogP contribution in [-0.4, -0.2) is 44.0 Å². The van der Waals surface area contributed by atoms with Crippen molar-refractivity contribution in [3.63, 3.8) is 0 Å². The van der Waals surface area contributed by atoms with Crippen LogP contribution in [0.3, 0.4) is 0 Å². The first kappa shape index (κ1) is 23.0. The molecule has 3 N–H and O–H groups in total. The van der Waals surface area contributed by atoms with Crippen molar-refractivity contribution in [1.29, 1.82) is 0 Å². The van der Waals surface area contributed by atoms with Crippen LogP contribution >= 0.6 is 35.7 Å². The van der Waals surface area contributed by atoms with Crippen molar-refractivity contribution in [1.82, 2.24) is 10.6 Å². The SMILES string of the molecule is CCc1cccc(NC(=O)CNC(=NC)NCCCCSC)c1.I. The lowest BCUT2D eigenvalue weighted by Crippen LogP contribution is -2.41. The predicted molar refractivity (Wildman–Crippen MR) is 117 cm³/mol. The van der Waals surface area contributed by atoms with Crippen LogP contribution in [0.4, 0.5) is 5.69 Å². The molecular weight excluding hydrogens is 435 g/mol. The van der Waals surface area contributed by atoms with E-state index in [0.717, 1.165) is 25.1 Å². The second-order valence-electron chi connectivity index (χ2n) is 5.15. The van der Waals surface area contributed by atoms with Gasteiger partial charge in [0.2, 0.25) is 5.91 Å². The first-order valence-corrected chi connectivity index (χ1v) is 9.41. The number of nitrogens with zero attached hydrogens (tertiary/aromatic N) is 1. The van der Waals surface area contributed by atoms with Crippen molar-refractivity contribution in [3.8, 4) is 0 Å². The van der Waals surface area contributed by atoms with E-state index in [0.29, 0.717) is 5.96 Å². The van der Waals surface area contributed by atoms with Crippen LogP contribution < -0.4 is 16.0 Å². The fourth-order valence-electron chi connectivity index (χ4n) is 2.04. The molecule has 1 rings (SSSR count). The Morgan fingerprint density at radius 3 is 2.71 bits per heavy atom. The molecule has 0 fully saturated rings. The van der Waals surface area contributed by atoms with E-state index in [9.17, 15) is 4.79 Å². The normalized spacial score (nSPS) is 10.7. The van der Waals surface area contributed by atoms with Gasteiger partial charge in [-0.05, 0) is 49.0 Å². The third-order valence-electron chi connectivity index (χ3n) is 3.33. The molecule has 0 saturated carbocycles. The quantitative estimate of drug-likeness (QED) is 0.228. The maximum absolute atomic E-state index is 12.0. The zero-order valence-electron chi connectivity index (χ0n) is 14.7. The molecule has 136 valence electrons. The van der Waals surface area contributed by atoms with Gasteiger partial charge in [-0.3, -0.25) is 9.79 Å². The number of amides is 1. The van der Waals surface area contributed by atoms with E-state index in [1.54, 1.807) is 7.05 Å². The van der Waals surface area contributed by atoms with Crippen LogP contribution in [0, 0.1) is 0 Å². The molecule has 1 aromatic rings. The molecule has 0 aliphatic carbocycles. The van der Waals surface area contributed by atoms with Crippen molar-refractivity contribution in [2.45, 2.75) is 26.2 Å². The molecule has 0 aliphatic rings. The largest absolute Gasteiger partial charge is 0.356 e. The molecule has 0 radical (unpaired) electrons. The molecule has 1 aromatic carbocycles. The molecule has 0 spiro atoms. The van der Waals surface area contributed by atoms with Crippen molar-refractivity contribution < 1.29 is 4.79 Å². The molecule has 0 aliphatic heterocycles. The van der Waals surface area contributed by atoms with E-state index < -0.39 is 0 Å². The van der Waals surface area contributed by atoms with Gasteiger partial charge in [0, 0.05) is 19.3 Å². The molecule has 0 atom stereocenters. The molecule has 5 nitrogen and oxygen atoms in total. The third kappa shape index (κ3) is 10.0. The third-order valence-corrected chi connectivity index (χ3v) is 4.02. The summed E-state index contributed by atoms with van der Waals surface area (Å²) < 4.78 is 0. The second-order valence-corrected chi connectivity index (χ2v) is 6.14. The molecule has 0 aromatic heterocycles. The van der Waals surface area contributed by atoms with Gasteiger partial charge in [-0.15, -0.1) is 24.0 Å². The lowest BCUT2D eigenvalue weighted by molar-refractivity contribution is -0.115. The van der Waals surface area contributed by atoms with Crippen LogP contribution in [0.2, 0.25) is 0 Å². The number of carbonyl (C=O) groups excluding carboxylic acids is 1. The van der Waals surface area contributed by atoms with Crippen LogP contribution in [-0.2, 0) is 11.2 Å². The number of rotatable bonds is 9. The molecule has 0 heterocycles. The highest BCUT2D eigenvalue weighted by Gasteiger charge is 2.04. The summed E-state index contributed by atoms with van der Waals surface area (Å²) >= 11 is 1.86. The summed E-state index contributed by atoms with van der Waals surface area (Å²) in [5, 5.41) is 9.14. The number of thioether (sulfide) groups is 1. The maximum atomic E-state index is 12.0. The Morgan fingerprint density at radius 1 is 1.25 bits per heavy atom. The van der Waals surface area contributed by atoms with Gasteiger partial charge in [0.05, 0.1) is 6.54 Å². The number of halogens is 1. The van der Waals surface area contributed by atoms with Crippen molar-refractivity contribution in [3.05, 3.63) is 29.8 Å². The van der Waals surface area contributed by atoms with Gasteiger partial charge in [-0.2, -0.15) is 11.8 Å². The zero-order chi connectivity index (χ0) is 16.9. The number of nitrogens with one attached hydrogen (secondary N) is 3. The maximum Gasteiger partial charge on any atom is 0.243 e. The van der Waals surface area contributed by atoms with Crippen LogP contribution in [0.25, 0.3) is 0 Å². The predicted octanol–water partition coefficient (Wildman–Crippen LogP) is 3.11. The first-order chi connectivity index (χ1) is 11.2. The van der Waals surface area contributed by atoms with Crippen molar-refractivity contribution in [2.24, 2.45) is 4.99 Å². The first-order valence-electron chi connectivity index (χ1n) is 8.01. The van der Waals surface area contributed by atoms with Crippen molar-refractivity contribution in [2.75, 3.05) is 37.5 Å². The smallest absolute Gasteiger partial charge is 0.243 e. The zero-order valence-corrected chi connectivity index (χ0v) is 17.9. The number of unbranched alkanes of at least 4 members (excludes halogenated alkanes) is 1. The average Bonchev–Trinajstić information content (AvgIpc) is 2.57. The standard InChI is InChI=1S/C17H28N4OS.HI/c1-4-14-8-7-9-15(12-14)21-16(22)13-20-17(18-2)19-10-5-6-11-23-3;/h7-9,12H,4-6,10-11,13H2,1-3H3,(H,21,22)(H2,18,19,20);1H. The highest BCUT2D eigenvalue weighted by Crippen LogP contribution is 2.10. The Kier molecular flexibility index (Phi) is 13.8. The Labute approximate surface area is 166 Å². The van der Waals surface area contributed by atoms with Crippen LogP contribution in [0.5, 0.6) is 0 Å². The fourth-order valence-corrected chi connectivity index (χ4v) is 2.53. The Balaban J connectivity index is 0.00000529. The summed E-state index contributed by atoms with van der Waals surface area (Å²) in [5.74, 6) is 1.75. The number of benzene rings is 1. The van der Waals surface area contributed by atoms with E-state index in [2.05, 4.69) is 40.2 Å². The van der Waals surface area contributed by atoms with Gasteiger partial charge in [-0.1, -0.05) is 19.1 Å². The number of aryl methyl sites for hydroxylation is 1. The summed E-state index contributed by atoms with van der Waals surface area (Å²) in [6, 6.07) is 7.90. The number of anilines is 1. The average molecular weight is 464 g/mol. The molecule has 1 amide bonds. The van der Waals surface area contributed by atoms with Gasteiger partial charge in [0.25, 0.3) is 0 Å². The van der Waals surface area contributed by atoms with Gasteiger partial charge >= 0.3 is 0 Å². The monoisotopic (exact) mass is 464 g/mol. The van der Waals surface area contributed by atoms with E-state index in [-0.39, 0.29) is 36.4 Å². The number of hydrogen-bond donors (Lipinski definition) is 3. The minimum Gasteiger partial charge on any atom is -0.356 e. The van der Waals surface area contributed by atoms with Gasteiger partial charge < -0.3 is 16.0 Å². The van der Waals surface area contributed by atoms with E-state index in [1.807, 2.05) is 30.0 Å². The molecule has 0 saturated heterocycles. The van der Waals surface area contributed by atoms with Crippen LogP contribution in [0.1, 0.15) is 25.3 Å². The molecule has 7 heteroatoms. The highest BCUT2D eigenvalue weighted by atomic mass is 127. The summed E-state index contributed by atoms with van der Waals surface area (Å²) in [7, 11) is 1.71. The van der Waals surface area contributed by atoms with E-state index >= 15 is 0 Å². The van der Waals surface area contributed by atoms with Crippen LogP contribution in [0.15, 0.2) is 29.3 Å². The molecule has 0 bridgehead atoms. The summed E-state index contributed by atoms with van der Waals surface area (Å²) in [6.07, 6.45) is 5.34. The lowest BCUT2D eigenvalue weighted by atomic mass is 10.1. The van der Waals surface area contributed by atoms with E-state index in [4.69, 9.17) is 0 Å². The molecule has 24 heavy (non-hydrogen) atoms. The van der Waals surface area contributed by atoms with Gasteiger partial charge in [0.15, 0.2) is 5.96 Å². The Bertz CT molecular complexity index is 511.